The van der Waals surface area contributed by atoms with Crippen LogP contribution in [0, 0.1) is 0 Å². The predicted octanol–water partition coefficient (Wildman–Crippen LogP) is -1.22. The highest BCUT2D eigenvalue weighted by atomic mass is 15.1. The minimum Gasteiger partial charge on any atom is -0.357 e. The van der Waals surface area contributed by atoms with E-state index in [1.807, 2.05) is 7.85 Å². The molecule has 0 radical (unpaired) electrons. The molecule has 3 nitrogen and oxygen atoms in total. The van der Waals surface area contributed by atoms with Gasteiger partial charge in [0.15, 0.2) is 0 Å². The number of hydrogen-bond acceptors (Lipinski definition) is 3. The van der Waals surface area contributed by atoms with E-state index >= 15 is 0 Å². The number of anilines is 1. The van der Waals surface area contributed by atoms with Gasteiger partial charge in [0.2, 0.25) is 5.95 Å². The van der Waals surface area contributed by atoms with E-state index in [2.05, 4.69) is 15.3 Å². The van der Waals surface area contributed by atoms with Crippen LogP contribution >= 0.6 is 0 Å². The highest BCUT2D eigenvalue weighted by Gasteiger charge is 1.86. The van der Waals surface area contributed by atoms with Crippen LogP contribution in [0.5, 0.6) is 0 Å². The average Bonchev–Trinajstić information content (AvgIpc) is 1.90. The summed E-state index contributed by atoms with van der Waals surface area (Å²) in [6.45, 7) is 0. The molecule has 0 amide bonds. The fraction of sp³-hybridized carbons (Fsp3) is 0.200. The highest BCUT2D eigenvalue weighted by molar-refractivity contribution is 6.31. The van der Waals surface area contributed by atoms with Gasteiger partial charge in [-0.1, -0.05) is 5.46 Å². The second-order valence-corrected chi connectivity index (χ2v) is 1.83. The SMILES string of the molecule is Bc1cnc(NC)nc1. The van der Waals surface area contributed by atoms with E-state index in [-0.39, 0.29) is 0 Å². The van der Waals surface area contributed by atoms with E-state index < -0.39 is 0 Å². The summed E-state index contributed by atoms with van der Waals surface area (Å²) in [5, 5.41) is 2.83. The summed E-state index contributed by atoms with van der Waals surface area (Å²) in [4.78, 5) is 7.95. The Morgan fingerprint density at radius 1 is 1.44 bits per heavy atom. The summed E-state index contributed by atoms with van der Waals surface area (Å²) in [6.07, 6.45) is 3.55. The van der Waals surface area contributed by atoms with E-state index in [9.17, 15) is 0 Å². The molecule has 1 rings (SSSR count). The largest absolute Gasteiger partial charge is 0.357 e. The number of hydrogen-bond donors (Lipinski definition) is 1. The van der Waals surface area contributed by atoms with Crippen LogP contribution in [0.3, 0.4) is 0 Å². The summed E-state index contributed by atoms with van der Waals surface area (Å²) in [5.41, 5.74) is 1.08. The molecule has 0 spiro atoms. The van der Waals surface area contributed by atoms with Crippen LogP contribution in [0.25, 0.3) is 0 Å². The second kappa shape index (κ2) is 2.48. The first kappa shape index (κ1) is 6.07. The molecule has 1 N–H and O–H groups in total. The standard InChI is InChI=1S/C5H8BN3/c1-7-5-8-2-4(6)3-9-5/h2-3H,6H2,1H3,(H,7,8,9). The third-order valence-corrected chi connectivity index (χ3v) is 1.00. The van der Waals surface area contributed by atoms with Crippen molar-refractivity contribution in [2.24, 2.45) is 0 Å². The third-order valence-electron chi connectivity index (χ3n) is 1.00. The Hall–Kier alpha value is -1.06. The van der Waals surface area contributed by atoms with Gasteiger partial charge in [0.05, 0.1) is 0 Å². The Morgan fingerprint density at radius 2 is 2.00 bits per heavy atom. The monoisotopic (exact) mass is 121 g/mol. The van der Waals surface area contributed by atoms with E-state index in [4.69, 9.17) is 0 Å². The van der Waals surface area contributed by atoms with Crippen LogP contribution in [0.4, 0.5) is 5.95 Å². The average molecular weight is 121 g/mol. The molecular weight excluding hydrogens is 113 g/mol. The first-order chi connectivity index (χ1) is 4.33. The van der Waals surface area contributed by atoms with Crippen LogP contribution in [0.2, 0.25) is 0 Å². The number of aromatic nitrogens is 2. The lowest BCUT2D eigenvalue weighted by Crippen LogP contribution is -2.06. The number of rotatable bonds is 1. The van der Waals surface area contributed by atoms with Gasteiger partial charge in [0.1, 0.15) is 7.85 Å². The van der Waals surface area contributed by atoms with Crippen LogP contribution in [0.1, 0.15) is 0 Å². The highest BCUT2D eigenvalue weighted by Crippen LogP contribution is 1.86. The Kier molecular flexibility index (Phi) is 1.67. The lowest BCUT2D eigenvalue weighted by atomic mass is 10.0. The molecule has 4 heteroatoms. The van der Waals surface area contributed by atoms with Crippen molar-refractivity contribution in [2.75, 3.05) is 12.4 Å². The zero-order chi connectivity index (χ0) is 6.69. The van der Waals surface area contributed by atoms with Gasteiger partial charge in [-0.3, -0.25) is 0 Å². The van der Waals surface area contributed by atoms with Crippen molar-refractivity contribution in [3.63, 3.8) is 0 Å². The van der Waals surface area contributed by atoms with E-state index in [0.717, 1.165) is 5.46 Å². The van der Waals surface area contributed by atoms with E-state index in [0.29, 0.717) is 5.95 Å². The van der Waals surface area contributed by atoms with Crippen molar-refractivity contribution in [1.29, 1.82) is 0 Å². The first-order valence-electron chi connectivity index (χ1n) is 2.79. The van der Waals surface area contributed by atoms with Crippen LogP contribution in [0.15, 0.2) is 12.4 Å². The molecule has 1 aromatic rings. The Balaban J connectivity index is 2.88. The summed E-state index contributed by atoms with van der Waals surface area (Å²) in [6, 6.07) is 0. The second-order valence-electron chi connectivity index (χ2n) is 1.83. The van der Waals surface area contributed by atoms with E-state index in [1.165, 1.54) is 0 Å². The molecule has 0 aliphatic carbocycles. The van der Waals surface area contributed by atoms with Gasteiger partial charge in [-0.25, -0.2) is 9.97 Å². The van der Waals surface area contributed by atoms with Crippen molar-refractivity contribution < 1.29 is 0 Å². The molecule has 0 atom stereocenters. The summed E-state index contributed by atoms with van der Waals surface area (Å²) < 4.78 is 0. The molecule has 46 valence electrons. The van der Waals surface area contributed by atoms with Gasteiger partial charge in [0.25, 0.3) is 0 Å². The van der Waals surface area contributed by atoms with Crippen molar-refractivity contribution in [3.05, 3.63) is 12.4 Å². The Bertz CT molecular complexity index is 184. The smallest absolute Gasteiger partial charge is 0.222 e. The van der Waals surface area contributed by atoms with Crippen molar-refractivity contribution in [2.45, 2.75) is 0 Å². The van der Waals surface area contributed by atoms with Crippen LogP contribution in [-0.2, 0) is 0 Å². The van der Waals surface area contributed by atoms with E-state index in [1.54, 1.807) is 19.4 Å². The molecule has 9 heavy (non-hydrogen) atoms. The topological polar surface area (TPSA) is 37.8 Å². The van der Waals surface area contributed by atoms with Gasteiger partial charge in [-0.05, 0) is 0 Å². The molecule has 0 aliphatic heterocycles. The van der Waals surface area contributed by atoms with Crippen LogP contribution in [-0.4, -0.2) is 24.9 Å². The van der Waals surface area contributed by atoms with Gasteiger partial charge in [0, 0.05) is 19.4 Å². The fourth-order valence-corrected chi connectivity index (χ4v) is 0.522. The molecule has 0 unspecified atom stereocenters. The van der Waals surface area contributed by atoms with Crippen molar-refractivity contribution >= 4 is 19.3 Å². The molecule has 1 heterocycles. The first-order valence-corrected chi connectivity index (χ1v) is 2.79. The van der Waals surface area contributed by atoms with Crippen LogP contribution < -0.4 is 10.8 Å². The minimum absolute atomic E-state index is 0.667. The lowest BCUT2D eigenvalue weighted by molar-refractivity contribution is 1.16. The van der Waals surface area contributed by atoms with Gasteiger partial charge < -0.3 is 5.32 Å². The quantitative estimate of drug-likeness (QED) is 0.473. The lowest BCUT2D eigenvalue weighted by Gasteiger charge is -1.94. The third kappa shape index (κ3) is 1.42. The maximum Gasteiger partial charge on any atom is 0.222 e. The molecule has 0 saturated carbocycles. The van der Waals surface area contributed by atoms with Crippen molar-refractivity contribution in [3.8, 4) is 0 Å². The van der Waals surface area contributed by atoms with Gasteiger partial charge in [-0.2, -0.15) is 0 Å². The maximum atomic E-state index is 3.97. The zero-order valence-electron chi connectivity index (χ0n) is 5.55. The molecule has 0 fully saturated rings. The normalized spacial score (nSPS) is 9.00. The predicted molar refractivity (Wildman–Crippen MR) is 39.8 cm³/mol. The Labute approximate surface area is 54.9 Å². The summed E-state index contributed by atoms with van der Waals surface area (Å²) in [5.74, 6) is 0.667. The summed E-state index contributed by atoms with van der Waals surface area (Å²) in [7, 11) is 3.75. The summed E-state index contributed by atoms with van der Waals surface area (Å²) >= 11 is 0. The zero-order valence-corrected chi connectivity index (χ0v) is 5.55. The molecule has 0 aliphatic rings. The molecule has 0 saturated heterocycles. The molecule has 1 aromatic heterocycles. The molecule has 0 aromatic carbocycles. The van der Waals surface area contributed by atoms with Gasteiger partial charge in [-0.15, -0.1) is 0 Å². The number of nitrogens with one attached hydrogen (secondary N) is 1. The minimum atomic E-state index is 0.667. The maximum absolute atomic E-state index is 3.97. The van der Waals surface area contributed by atoms with Crippen molar-refractivity contribution in [1.82, 2.24) is 9.97 Å². The number of nitrogens with zero attached hydrogens (tertiary/aromatic N) is 2. The molecule has 0 bridgehead atoms. The fourth-order valence-electron chi connectivity index (χ4n) is 0.522. The molecular formula is C5H8BN3. The Morgan fingerprint density at radius 3 is 2.44 bits per heavy atom. The van der Waals surface area contributed by atoms with Gasteiger partial charge >= 0.3 is 0 Å².